The second-order valence-electron chi connectivity index (χ2n) is 7.70. The molecule has 1 N–H and O–H groups in total. The summed E-state index contributed by atoms with van der Waals surface area (Å²) in [4.78, 5) is 27.2. The second kappa shape index (κ2) is 8.62. The van der Waals surface area contributed by atoms with Gasteiger partial charge in [-0.25, -0.2) is 0 Å². The lowest BCUT2D eigenvalue weighted by atomic mass is 9.80. The van der Waals surface area contributed by atoms with Crippen LogP contribution in [0.3, 0.4) is 0 Å². The van der Waals surface area contributed by atoms with Gasteiger partial charge in [-0.2, -0.15) is 0 Å². The zero-order valence-corrected chi connectivity index (χ0v) is 16.7. The average Bonchev–Trinajstić information content (AvgIpc) is 2.61. The van der Waals surface area contributed by atoms with Crippen LogP contribution in [0, 0.1) is 17.8 Å². The lowest BCUT2D eigenvalue weighted by Crippen LogP contribution is -2.42. The number of benzene rings is 1. The van der Waals surface area contributed by atoms with Crippen LogP contribution in [0.25, 0.3) is 0 Å². The Bertz CT molecular complexity index is 644. The molecule has 0 bridgehead atoms. The van der Waals surface area contributed by atoms with E-state index in [1.165, 1.54) is 0 Å². The van der Waals surface area contributed by atoms with Crippen molar-refractivity contribution in [2.75, 3.05) is 18.4 Å². The molecule has 1 aliphatic carbocycles. The number of piperidine rings is 1. The second-order valence-corrected chi connectivity index (χ2v) is 8.58. The number of rotatable bonds is 3. The maximum Gasteiger partial charge on any atom is 0.227 e. The minimum absolute atomic E-state index is 0.0129. The predicted molar refractivity (Wildman–Crippen MR) is 106 cm³/mol. The first-order valence-corrected chi connectivity index (χ1v) is 10.2. The molecule has 1 heterocycles. The highest BCUT2D eigenvalue weighted by molar-refractivity contribution is 6.35. The van der Waals surface area contributed by atoms with Gasteiger partial charge in [0.05, 0.1) is 0 Å². The lowest BCUT2D eigenvalue weighted by molar-refractivity contribution is -0.139. The van der Waals surface area contributed by atoms with E-state index in [0.29, 0.717) is 15.7 Å². The molecule has 0 radical (unpaired) electrons. The number of nitrogens with one attached hydrogen (secondary N) is 1. The zero-order valence-electron chi connectivity index (χ0n) is 15.1. The Balaban J connectivity index is 1.50. The number of likely N-dealkylation sites (tertiary alicyclic amines) is 1. The van der Waals surface area contributed by atoms with E-state index in [1.807, 2.05) is 4.90 Å². The van der Waals surface area contributed by atoms with Crippen molar-refractivity contribution in [2.45, 2.75) is 45.4 Å². The normalized spacial score (nSPS) is 24.3. The minimum Gasteiger partial charge on any atom is -0.342 e. The van der Waals surface area contributed by atoms with Crippen molar-refractivity contribution in [3.05, 3.63) is 28.2 Å². The van der Waals surface area contributed by atoms with E-state index in [0.717, 1.165) is 57.5 Å². The van der Waals surface area contributed by atoms with E-state index in [4.69, 9.17) is 23.2 Å². The lowest BCUT2D eigenvalue weighted by Gasteiger charge is -2.35. The Hall–Kier alpha value is -1.26. The van der Waals surface area contributed by atoms with Crippen LogP contribution in [0.2, 0.25) is 10.0 Å². The highest BCUT2D eigenvalue weighted by Crippen LogP contribution is 2.32. The van der Waals surface area contributed by atoms with Crippen molar-refractivity contribution >= 4 is 40.7 Å². The number of hydrogen-bond donors (Lipinski definition) is 1. The molecule has 1 aromatic carbocycles. The molecule has 4 nitrogen and oxygen atoms in total. The van der Waals surface area contributed by atoms with E-state index in [-0.39, 0.29) is 23.7 Å². The summed E-state index contributed by atoms with van der Waals surface area (Å²) < 4.78 is 0. The Morgan fingerprint density at radius 1 is 0.923 bits per heavy atom. The van der Waals surface area contributed by atoms with Gasteiger partial charge in [0.1, 0.15) is 0 Å². The Morgan fingerprint density at radius 2 is 1.46 bits per heavy atom. The quantitative estimate of drug-likeness (QED) is 0.781. The molecule has 0 atom stereocenters. The van der Waals surface area contributed by atoms with Crippen molar-refractivity contribution in [3.8, 4) is 0 Å². The van der Waals surface area contributed by atoms with Gasteiger partial charge in [-0.05, 0) is 62.6 Å². The minimum atomic E-state index is -0.0572. The first-order valence-electron chi connectivity index (χ1n) is 9.48. The summed E-state index contributed by atoms with van der Waals surface area (Å²) >= 11 is 12.0. The van der Waals surface area contributed by atoms with E-state index in [9.17, 15) is 9.59 Å². The van der Waals surface area contributed by atoms with Crippen LogP contribution < -0.4 is 5.32 Å². The average molecular weight is 397 g/mol. The van der Waals surface area contributed by atoms with Gasteiger partial charge < -0.3 is 10.2 Å². The molecular weight excluding hydrogens is 371 g/mol. The Morgan fingerprint density at radius 3 is 2.04 bits per heavy atom. The summed E-state index contributed by atoms with van der Waals surface area (Å²) in [7, 11) is 0. The molecule has 0 unspecified atom stereocenters. The van der Waals surface area contributed by atoms with Crippen molar-refractivity contribution in [3.63, 3.8) is 0 Å². The van der Waals surface area contributed by atoms with E-state index >= 15 is 0 Å². The molecular formula is C20H26Cl2N2O2. The standard InChI is InChI=1S/C20H26Cl2N2O2/c1-13-6-8-24(9-7-13)20(26)15-4-2-14(3-5-15)19(25)23-18-11-16(21)10-17(22)12-18/h10-15H,2-9H2,1H3,(H,23,25). The summed E-state index contributed by atoms with van der Waals surface area (Å²) in [5.74, 6) is 1.02. The number of carbonyl (C=O) groups is 2. The topological polar surface area (TPSA) is 49.4 Å². The van der Waals surface area contributed by atoms with Crippen molar-refractivity contribution < 1.29 is 9.59 Å². The van der Waals surface area contributed by atoms with Crippen LogP contribution >= 0.6 is 23.2 Å². The van der Waals surface area contributed by atoms with Crippen molar-refractivity contribution in [1.82, 2.24) is 4.90 Å². The summed E-state index contributed by atoms with van der Waals surface area (Å²) in [5, 5.41) is 3.90. The molecule has 26 heavy (non-hydrogen) atoms. The first-order chi connectivity index (χ1) is 12.4. The fraction of sp³-hybridized carbons (Fsp3) is 0.600. The Kier molecular flexibility index (Phi) is 6.46. The molecule has 2 amide bonds. The number of anilines is 1. The molecule has 6 heteroatoms. The van der Waals surface area contributed by atoms with Crippen molar-refractivity contribution in [2.24, 2.45) is 17.8 Å². The number of hydrogen-bond acceptors (Lipinski definition) is 2. The molecule has 3 rings (SSSR count). The SMILES string of the molecule is CC1CCN(C(=O)C2CCC(C(=O)Nc3cc(Cl)cc(Cl)c3)CC2)CC1. The van der Waals surface area contributed by atoms with Gasteiger partial charge in [0.15, 0.2) is 0 Å². The predicted octanol–water partition coefficient (Wildman–Crippen LogP) is 5.00. The van der Waals surface area contributed by atoms with Gasteiger partial charge in [0, 0.05) is 40.7 Å². The smallest absolute Gasteiger partial charge is 0.227 e. The van der Waals surface area contributed by atoms with E-state index in [2.05, 4.69) is 12.2 Å². The van der Waals surface area contributed by atoms with Gasteiger partial charge in [-0.15, -0.1) is 0 Å². The number of amides is 2. The summed E-state index contributed by atoms with van der Waals surface area (Å²) in [6, 6.07) is 5.02. The molecule has 2 fully saturated rings. The zero-order chi connectivity index (χ0) is 18.7. The molecule has 1 aliphatic heterocycles. The first kappa shape index (κ1) is 19.5. The van der Waals surface area contributed by atoms with Crippen LogP contribution in [0.15, 0.2) is 18.2 Å². The maximum absolute atomic E-state index is 12.7. The molecule has 1 saturated carbocycles. The van der Waals surface area contributed by atoms with Crippen LogP contribution in [-0.4, -0.2) is 29.8 Å². The van der Waals surface area contributed by atoms with E-state index in [1.54, 1.807) is 18.2 Å². The molecule has 0 spiro atoms. The van der Waals surface area contributed by atoms with Crippen molar-refractivity contribution in [1.29, 1.82) is 0 Å². The molecule has 142 valence electrons. The van der Waals surface area contributed by atoms with Gasteiger partial charge in [-0.3, -0.25) is 9.59 Å². The number of halogens is 2. The maximum atomic E-state index is 12.7. The van der Waals surface area contributed by atoms with Gasteiger partial charge in [0.2, 0.25) is 11.8 Å². The van der Waals surface area contributed by atoms with E-state index < -0.39 is 0 Å². The fourth-order valence-corrected chi connectivity index (χ4v) is 4.49. The third-order valence-electron chi connectivity index (χ3n) is 5.67. The van der Waals surface area contributed by atoms with Crippen LogP contribution in [-0.2, 0) is 9.59 Å². The van der Waals surface area contributed by atoms with Gasteiger partial charge in [0.25, 0.3) is 0 Å². The largest absolute Gasteiger partial charge is 0.342 e. The number of nitrogens with zero attached hydrogens (tertiary/aromatic N) is 1. The van der Waals surface area contributed by atoms with Gasteiger partial charge in [-0.1, -0.05) is 30.1 Å². The highest BCUT2D eigenvalue weighted by atomic mass is 35.5. The van der Waals surface area contributed by atoms with Gasteiger partial charge >= 0.3 is 0 Å². The summed E-state index contributed by atoms with van der Waals surface area (Å²) in [6.45, 7) is 4.02. The van der Waals surface area contributed by atoms with Crippen LogP contribution in [0.1, 0.15) is 45.4 Å². The highest BCUT2D eigenvalue weighted by Gasteiger charge is 2.33. The number of carbonyl (C=O) groups excluding carboxylic acids is 2. The monoisotopic (exact) mass is 396 g/mol. The van der Waals surface area contributed by atoms with Crippen LogP contribution in [0.5, 0.6) is 0 Å². The molecule has 2 aliphatic rings. The molecule has 1 aromatic rings. The van der Waals surface area contributed by atoms with Crippen LogP contribution in [0.4, 0.5) is 5.69 Å². The summed E-state index contributed by atoms with van der Waals surface area (Å²) in [6.07, 6.45) is 5.29. The molecule has 1 saturated heterocycles. The summed E-state index contributed by atoms with van der Waals surface area (Å²) in [5.41, 5.74) is 0.619. The molecule has 0 aromatic heterocycles. The Labute approximate surface area is 165 Å². The third kappa shape index (κ3) is 4.92. The fourth-order valence-electron chi connectivity index (χ4n) is 3.96. The third-order valence-corrected chi connectivity index (χ3v) is 6.11.